The number of amides is 1. The van der Waals surface area contributed by atoms with Crippen molar-refractivity contribution in [1.29, 1.82) is 0 Å². The maximum absolute atomic E-state index is 12.5. The number of carbonyl (C=O) groups excluding carboxylic acids is 1. The summed E-state index contributed by atoms with van der Waals surface area (Å²) >= 11 is 5.85. The second kappa shape index (κ2) is 6.77. The summed E-state index contributed by atoms with van der Waals surface area (Å²) in [5, 5.41) is 0.396. The summed E-state index contributed by atoms with van der Waals surface area (Å²) in [6.45, 7) is 3.49. The van der Waals surface area contributed by atoms with E-state index in [0.717, 1.165) is 6.42 Å². The number of hydrogen-bond acceptors (Lipinski definition) is 3. The summed E-state index contributed by atoms with van der Waals surface area (Å²) in [5.74, 6) is 0.0947. The fourth-order valence-corrected chi connectivity index (χ4v) is 4.05. The Morgan fingerprint density at radius 3 is 2.48 bits per heavy atom. The van der Waals surface area contributed by atoms with Crippen LogP contribution in [0.4, 0.5) is 0 Å². The van der Waals surface area contributed by atoms with Gasteiger partial charge in [-0.3, -0.25) is 4.79 Å². The van der Waals surface area contributed by atoms with Crippen LogP contribution in [-0.4, -0.2) is 49.7 Å². The Bertz CT molecular complexity index is 610. The topological polar surface area (TPSA) is 57.7 Å². The molecule has 1 heterocycles. The molecule has 0 aliphatic carbocycles. The first-order valence-electron chi connectivity index (χ1n) is 6.98. The molecule has 1 aliphatic heterocycles. The Morgan fingerprint density at radius 1 is 1.24 bits per heavy atom. The van der Waals surface area contributed by atoms with E-state index in [1.807, 2.05) is 6.92 Å². The van der Waals surface area contributed by atoms with Gasteiger partial charge in [0.15, 0.2) is 0 Å². The highest BCUT2D eigenvalue weighted by atomic mass is 35.5. The summed E-state index contributed by atoms with van der Waals surface area (Å²) in [5.41, 5.74) is 0. The maximum atomic E-state index is 12.5. The van der Waals surface area contributed by atoms with Crippen LogP contribution in [0, 0.1) is 0 Å². The van der Waals surface area contributed by atoms with Gasteiger partial charge >= 0.3 is 0 Å². The lowest BCUT2D eigenvalue weighted by atomic mass is 10.2. The first-order valence-corrected chi connectivity index (χ1v) is 8.80. The Hall–Kier alpha value is -1.11. The van der Waals surface area contributed by atoms with E-state index in [1.54, 1.807) is 17.0 Å². The zero-order chi connectivity index (χ0) is 15.5. The number of nitrogens with zero attached hydrogens (tertiary/aromatic N) is 2. The maximum Gasteiger partial charge on any atom is 0.243 e. The number of carbonyl (C=O) groups is 1. The van der Waals surface area contributed by atoms with Gasteiger partial charge < -0.3 is 4.90 Å². The Kier molecular flexibility index (Phi) is 5.24. The standard InChI is InChI=1S/C14H19ClN2O3S/c1-2-4-14(18)16-7-9-17(10-8-16)21(19,20)13-6-3-5-12(15)11-13/h3,5-6,11H,2,4,7-10H2,1H3. The minimum Gasteiger partial charge on any atom is -0.340 e. The van der Waals surface area contributed by atoms with Crippen molar-refractivity contribution in [2.24, 2.45) is 0 Å². The van der Waals surface area contributed by atoms with Crippen molar-refractivity contribution in [2.45, 2.75) is 24.7 Å². The van der Waals surface area contributed by atoms with Crippen molar-refractivity contribution in [3.8, 4) is 0 Å². The molecule has 1 amide bonds. The quantitative estimate of drug-likeness (QED) is 0.848. The van der Waals surface area contributed by atoms with Crippen molar-refractivity contribution in [1.82, 2.24) is 9.21 Å². The van der Waals surface area contributed by atoms with Gasteiger partial charge in [0.2, 0.25) is 15.9 Å². The number of halogens is 1. The fraction of sp³-hybridized carbons (Fsp3) is 0.500. The summed E-state index contributed by atoms with van der Waals surface area (Å²) in [6.07, 6.45) is 1.32. The molecule has 1 aromatic rings. The molecule has 5 nitrogen and oxygen atoms in total. The monoisotopic (exact) mass is 330 g/mol. The van der Waals surface area contributed by atoms with Gasteiger partial charge in [0.05, 0.1) is 4.90 Å². The molecule has 116 valence electrons. The average Bonchev–Trinajstić information content (AvgIpc) is 2.47. The highest BCUT2D eigenvalue weighted by molar-refractivity contribution is 7.89. The molecule has 7 heteroatoms. The van der Waals surface area contributed by atoms with Crippen LogP contribution < -0.4 is 0 Å². The van der Waals surface area contributed by atoms with E-state index < -0.39 is 10.0 Å². The third-order valence-corrected chi connectivity index (χ3v) is 5.62. The SMILES string of the molecule is CCCC(=O)N1CCN(S(=O)(=O)c2cccc(Cl)c2)CC1. The van der Waals surface area contributed by atoms with Crippen molar-refractivity contribution >= 4 is 27.5 Å². The second-order valence-corrected chi connectivity index (χ2v) is 7.37. The van der Waals surface area contributed by atoms with Crippen LogP contribution in [-0.2, 0) is 14.8 Å². The molecule has 0 bridgehead atoms. The van der Waals surface area contributed by atoms with E-state index in [-0.39, 0.29) is 10.8 Å². The minimum absolute atomic E-state index is 0.0947. The Labute approximate surface area is 130 Å². The highest BCUT2D eigenvalue weighted by Gasteiger charge is 2.29. The molecule has 0 spiro atoms. The third kappa shape index (κ3) is 3.75. The molecule has 1 fully saturated rings. The molecule has 0 aromatic heterocycles. The van der Waals surface area contributed by atoms with Crippen LogP contribution >= 0.6 is 11.6 Å². The number of rotatable bonds is 4. The largest absolute Gasteiger partial charge is 0.340 e. The molecule has 1 aromatic carbocycles. The Morgan fingerprint density at radius 2 is 1.90 bits per heavy atom. The van der Waals surface area contributed by atoms with Crippen LogP contribution in [0.1, 0.15) is 19.8 Å². The second-order valence-electron chi connectivity index (χ2n) is 4.99. The lowest BCUT2D eigenvalue weighted by Gasteiger charge is -2.34. The van der Waals surface area contributed by atoms with Crippen LogP contribution in [0.15, 0.2) is 29.2 Å². The van der Waals surface area contributed by atoms with E-state index in [0.29, 0.717) is 37.6 Å². The Balaban J connectivity index is 2.06. The van der Waals surface area contributed by atoms with Gasteiger partial charge in [0.1, 0.15) is 0 Å². The van der Waals surface area contributed by atoms with Crippen molar-refractivity contribution in [2.75, 3.05) is 26.2 Å². The number of benzene rings is 1. The molecule has 0 N–H and O–H groups in total. The number of hydrogen-bond donors (Lipinski definition) is 0. The minimum atomic E-state index is -3.54. The average molecular weight is 331 g/mol. The predicted molar refractivity (Wildman–Crippen MR) is 81.7 cm³/mol. The molecule has 0 saturated carbocycles. The molecule has 2 rings (SSSR count). The first-order chi connectivity index (χ1) is 9.95. The lowest BCUT2D eigenvalue weighted by molar-refractivity contribution is -0.132. The van der Waals surface area contributed by atoms with Crippen LogP contribution in [0.25, 0.3) is 0 Å². The summed E-state index contributed by atoms with van der Waals surface area (Å²) in [7, 11) is -3.54. The predicted octanol–water partition coefficient (Wildman–Crippen LogP) is 1.97. The smallest absolute Gasteiger partial charge is 0.243 e. The molecule has 1 saturated heterocycles. The fourth-order valence-electron chi connectivity index (χ4n) is 2.33. The van der Waals surface area contributed by atoms with Crippen LogP contribution in [0.3, 0.4) is 0 Å². The summed E-state index contributed by atoms with van der Waals surface area (Å²) in [6, 6.07) is 6.25. The van der Waals surface area contributed by atoms with Gasteiger partial charge in [0.25, 0.3) is 0 Å². The van der Waals surface area contributed by atoms with Gasteiger partial charge in [-0.2, -0.15) is 4.31 Å². The molecule has 0 radical (unpaired) electrons. The van der Waals surface area contributed by atoms with Gasteiger partial charge in [-0.25, -0.2) is 8.42 Å². The van der Waals surface area contributed by atoms with Crippen LogP contribution in [0.5, 0.6) is 0 Å². The summed E-state index contributed by atoms with van der Waals surface area (Å²) in [4.78, 5) is 13.7. The lowest BCUT2D eigenvalue weighted by Crippen LogP contribution is -2.50. The van der Waals surface area contributed by atoms with Gasteiger partial charge in [-0.05, 0) is 24.6 Å². The van der Waals surface area contributed by atoms with Crippen LogP contribution in [0.2, 0.25) is 5.02 Å². The molecule has 0 unspecified atom stereocenters. The molecule has 21 heavy (non-hydrogen) atoms. The summed E-state index contributed by atoms with van der Waals surface area (Å²) < 4.78 is 26.4. The highest BCUT2D eigenvalue weighted by Crippen LogP contribution is 2.21. The van der Waals surface area contributed by atoms with E-state index >= 15 is 0 Å². The van der Waals surface area contributed by atoms with E-state index in [2.05, 4.69) is 0 Å². The van der Waals surface area contributed by atoms with Gasteiger partial charge in [0, 0.05) is 37.6 Å². The van der Waals surface area contributed by atoms with Crippen molar-refractivity contribution in [3.05, 3.63) is 29.3 Å². The van der Waals surface area contributed by atoms with Gasteiger partial charge in [-0.1, -0.05) is 24.6 Å². The zero-order valence-electron chi connectivity index (χ0n) is 12.0. The normalized spacial score (nSPS) is 17.0. The molecule has 1 aliphatic rings. The van der Waals surface area contributed by atoms with Crippen molar-refractivity contribution in [3.63, 3.8) is 0 Å². The van der Waals surface area contributed by atoms with E-state index in [1.165, 1.54) is 16.4 Å². The third-order valence-electron chi connectivity index (χ3n) is 3.49. The van der Waals surface area contributed by atoms with E-state index in [9.17, 15) is 13.2 Å². The van der Waals surface area contributed by atoms with E-state index in [4.69, 9.17) is 11.6 Å². The molecular formula is C14H19ClN2O3S. The van der Waals surface area contributed by atoms with Gasteiger partial charge in [-0.15, -0.1) is 0 Å². The first kappa shape index (κ1) is 16.3. The molecular weight excluding hydrogens is 312 g/mol. The van der Waals surface area contributed by atoms with Crippen molar-refractivity contribution < 1.29 is 13.2 Å². The number of piperazine rings is 1. The number of sulfonamides is 1. The molecule has 0 atom stereocenters. The zero-order valence-corrected chi connectivity index (χ0v) is 13.5.